The van der Waals surface area contributed by atoms with Crippen molar-refractivity contribution in [2.45, 2.75) is 19.8 Å². The zero-order chi connectivity index (χ0) is 9.97. The lowest BCUT2D eigenvalue weighted by molar-refractivity contribution is 0.287. The molecule has 4 nitrogen and oxygen atoms in total. The van der Waals surface area contributed by atoms with E-state index in [1.807, 2.05) is 25.3 Å². The average Bonchev–Trinajstić information content (AvgIpc) is 2.59. The summed E-state index contributed by atoms with van der Waals surface area (Å²) in [5, 5.41) is 13.0. The van der Waals surface area contributed by atoms with Crippen LogP contribution in [0.2, 0.25) is 0 Å². The predicted molar refractivity (Wildman–Crippen MR) is 53.1 cm³/mol. The minimum Gasteiger partial charge on any atom is -0.396 e. The summed E-state index contributed by atoms with van der Waals surface area (Å²) in [6, 6.07) is 3.96. The molecule has 2 aromatic rings. The maximum atomic E-state index is 8.69. The molecule has 0 amide bonds. The zero-order valence-electron chi connectivity index (χ0n) is 8.14. The number of hydrogen-bond acceptors (Lipinski definition) is 3. The first-order valence-corrected chi connectivity index (χ1v) is 4.73. The third-order valence-electron chi connectivity index (χ3n) is 2.16. The van der Waals surface area contributed by atoms with E-state index in [1.54, 1.807) is 4.52 Å². The van der Waals surface area contributed by atoms with Crippen LogP contribution in [-0.2, 0) is 6.42 Å². The van der Waals surface area contributed by atoms with Gasteiger partial charge in [-0.05, 0) is 25.0 Å². The lowest BCUT2D eigenvalue weighted by Gasteiger charge is -1.92. The molecule has 0 spiro atoms. The second-order valence-electron chi connectivity index (χ2n) is 3.31. The third-order valence-corrected chi connectivity index (χ3v) is 2.16. The van der Waals surface area contributed by atoms with Gasteiger partial charge in [-0.2, -0.15) is 5.10 Å². The van der Waals surface area contributed by atoms with E-state index < -0.39 is 0 Å². The van der Waals surface area contributed by atoms with Crippen LogP contribution in [0.4, 0.5) is 0 Å². The molecule has 0 saturated carbocycles. The second kappa shape index (κ2) is 3.75. The third kappa shape index (κ3) is 1.61. The largest absolute Gasteiger partial charge is 0.396 e. The summed E-state index contributed by atoms with van der Waals surface area (Å²) >= 11 is 0. The number of nitrogens with zero attached hydrogens (tertiary/aromatic N) is 3. The molecule has 0 aliphatic heterocycles. The van der Waals surface area contributed by atoms with Crippen LogP contribution in [0.1, 0.15) is 17.8 Å². The number of aryl methyl sites for hydroxylation is 2. The molecule has 0 atom stereocenters. The number of hydrogen-bond donors (Lipinski definition) is 1. The van der Waals surface area contributed by atoms with Crippen molar-refractivity contribution in [3.8, 4) is 0 Å². The van der Waals surface area contributed by atoms with Gasteiger partial charge in [0.15, 0.2) is 11.5 Å². The van der Waals surface area contributed by atoms with Gasteiger partial charge in [-0.25, -0.2) is 9.50 Å². The highest BCUT2D eigenvalue weighted by molar-refractivity contribution is 5.45. The van der Waals surface area contributed by atoms with Crippen LogP contribution in [0, 0.1) is 6.92 Å². The van der Waals surface area contributed by atoms with E-state index in [0.717, 1.165) is 29.9 Å². The van der Waals surface area contributed by atoms with Gasteiger partial charge in [0.2, 0.25) is 0 Å². The SMILES string of the molecule is Cc1cccn2nc(CCCO)nc12. The van der Waals surface area contributed by atoms with Crippen molar-refractivity contribution in [3.05, 3.63) is 29.7 Å². The summed E-state index contributed by atoms with van der Waals surface area (Å²) < 4.78 is 1.78. The highest BCUT2D eigenvalue weighted by atomic mass is 16.2. The Labute approximate surface area is 82.2 Å². The van der Waals surface area contributed by atoms with Gasteiger partial charge in [-0.15, -0.1) is 0 Å². The van der Waals surface area contributed by atoms with Crippen molar-refractivity contribution < 1.29 is 5.11 Å². The molecule has 0 radical (unpaired) electrons. The number of pyridine rings is 1. The number of aliphatic hydroxyl groups excluding tert-OH is 1. The topological polar surface area (TPSA) is 50.4 Å². The molecule has 0 aromatic carbocycles. The minimum atomic E-state index is 0.189. The van der Waals surface area contributed by atoms with Crippen molar-refractivity contribution in [2.24, 2.45) is 0 Å². The predicted octanol–water partition coefficient (Wildman–Crippen LogP) is 0.963. The van der Waals surface area contributed by atoms with Crippen molar-refractivity contribution in [1.29, 1.82) is 0 Å². The Morgan fingerprint density at radius 2 is 2.36 bits per heavy atom. The van der Waals surface area contributed by atoms with Gasteiger partial charge in [-0.1, -0.05) is 6.07 Å². The van der Waals surface area contributed by atoms with E-state index in [9.17, 15) is 0 Å². The summed E-state index contributed by atoms with van der Waals surface area (Å²) in [4.78, 5) is 4.39. The Morgan fingerprint density at radius 1 is 1.50 bits per heavy atom. The molecule has 2 aromatic heterocycles. The summed E-state index contributed by atoms with van der Waals surface area (Å²) in [6.45, 7) is 2.20. The Kier molecular flexibility index (Phi) is 2.45. The molecule has 0 aliphatic carbocycles. The number of rotatable bonds is 3. The van der Waals surface area contributed by atoms with Crippen LogP contribution < -0.4 is 0 Å². The lowest BCUT2D eigenvalue weighted by Crippen LogP contribution is -1.92. The van der Waals surface area contributed by atoms with Gasteiger partial charge in [0.1, 0.15) is 0 Å². The van der Waals surface area contributed by atoms with Crippen molar-refractivity contribution in [3.63, 3.8) is 0 Å². The highest BCUT2D eigenvalue weighted by Gasteiger charge is 2.04. The first-order chi connectivity index (χ1) is 6.81. The molecular formula is C10H13N3O. The van der Waals surface area contributed by atoms with E-state index in [-0.39, 0.29) is 6.61 Å². The van der Waals surface area contributed by atoms with Crippen LogP contribution >= 0.6 is 0 Å². The van der Waals surface area contributed by atoms with E-state index >= 15 is 0 Å². The normalized spacial score (nSPS) is 11.0. The molecule has 14 heavy (non-hydrogen) atoms. The van der Waals surface area contributed by atoms with Crippen LogP contribution in [0.3, 0.4) is 0 Å². The monoisotopic (exact) mass is 191 g/mol. The molecule has 0 fully saturated rings. The molecule has 2 heterocycles. The maximum Gasteiger partial charge on any atom is 0.158 e. The van der Waals surface area contributed by atoms with E-state index in [2.05, 4.69) is 10.1 Å². The van der Waals surface area contributed by atoms with Crippen LogP contribution in [0.25, 0.3) is 5.65 Å². The summed E-state index contributed by atoms with van der Waals surface area (Å²) in [5.41, 5.74) is 2.02. The van der Waals surface area contributed by atoms with Crippen LogP contribution in [0.15, 0.2) is 18.3 Å². The molecule has 0 saturated heterocycles. The summed E-state index contributed by atoms with van der Waals surface area (Å²) in [6.07, 6.45) is 3.34. The van der Waals surface area contributed by atoms with Gasteiger partial charge in [0, 0.05) is 19.2 Å². The van der Waals surface area contributed by atoms with E-state index in [1.165, 1.54) is 0 Å². The first kappa shape index (κ1) is 9.15. The van der Waals surface area contributed by atoms with Crippen LogP contribution in [-0.4, -0.2) is 26.3 Å². The molecule has 0 aliphatic rings. The Morgan fingerprint density at radius 3 is 3.07 bits per heavy atom. The lowest BCUT2D eigenvalue weighted by atomic mass is 10.3. The molecule has 4 heteroatoms. The minimum absolute atomic E-state index is 0.189. The van der Waals surface area contributed by atoms with Crippen molar-refractivity contribution >= 4 is 5.65 Å². The van der Waals surface area contributed by atoms with Gasteiger partial charge in [-0.3, -0.25) is 0 Å². The first-order valence-electron chi connectivity index (χ1n) is 4.73. The second-order valence-corrected chi connectivity index (χ2v) is 3.31. The fourth-order valence-electron chi connectivity index (χ4n) is 1.43. The zero-order valence-corrected chi connectivity index (χ0v) is 8.14. The Bertz CT molecular complexity index is 436. The quantitative estimate of drug-likeness (QED) is 0.786. The van der Waals surface area contributed by atoms with E-state index in [4.69, 9.17) is 5.11 Å². The molecule has 0 unspecified atom stereocenters. The van der Waals surface area contributed by atoms with Gasteiger partial charge >= 0.3 is 0 Å². The van der Waals surface area contributed by atoms with Gasteiger partial charge in [0.25, 0.3) is 0 Å². The van der Waals surface area contributed by atoms with Gasteiger partial charge in [0.05, 0.1) is 0 Å². The summed E-state index contributed by atoms with van der Waals surface area (Å²) in [7, 11) is 0. The molecular weight excluding hydrogens is 178 g/mol. The number of fused-ring (bicyclic) bond motifs is 1. The van der Waals surface area contributed by atoms with Crippen molar-refractivity contribution in [2.75, 3.05) is 6.61 Å². The summed E-state index contributed by atoms with van der Waals surface area (Å²) in [5.74, 6) is 0.799. The Hall–Kier alpha value is -1.42. The van der Waals surface area contributed by atoms with E-state index in [0.29, 0.717) is 0 Å². The van der Waals surface area contributed by atoms with Gasteiger partial charge < -0.3 is 5.11 Å². The molecule has 1 N–H and O–H groups in total. The van der Waals surface area contributed by atoms with Crippen molar-refractivity contribution in [1.82, 2.24) is 14.6 Å². The standard InChI is InChI=1S/C10H13N3O/c1-8-4-2-6-13-10(8)11-9(12-13)5-3-7-14/h2,4,6,14H,3,5,7H2,1H3. The molecule has 74 valence electrons. The Balaban J connectivity index is 2.36. The van der Waals surface area contributed by atoms with Crippen LogP contribution in [0.5, 0.6) is 0 Å². The fourth-order valence-corrected chi connectivity index (χ4v) is 1.43. The molecule has 2 rings (SSSR count). The average molecular weight is 191 g/mol. The molecule has 0 bridgehead atoms. The number of aromatic nitrogens is 3. The highest BCUT2D eigenvalue weighted by Crippen LogP contribution is 2.07. The fraction of sp³-hybridized carbons (Fsp3) is 0.400. The smallest absolute Gasteiger partial charge is 0.158 e. The maximum absolute atomic E-state index is 8.69. The number of aliphatic hydroxyl groups is 1.